The number of carbonyl (C=O) groups excluding carboxylic acids is 1. The molecule has 0 bridgehead atoms. The van der Waals surface area contributed by atoms with Gasteiger partial charge < -0.3 is 14.4 Å². The lowest BCUT2D eigenvalue weighted by molar-refractivity contribution is -0.138. The number of fused-ring (bicyclic) bond motifs is 1. The number of carbonyl (C=O) groups is 1. The summed E-state index contributed by atoms with van der Waals surface area (Å²) in [6.07, 6.45) is 8.74. The second-order valence-corrected chi connectivity index (χ2v) is 9.77. The van der Waals surface area contributed by atoms with Gasteiger partial charge in [0.05, 0.1) is 18.9 Å². The summed E-state index contributed by atoms with van der Waals surface area (Å²) in [5, 5.41) is 0. The van der Waals surface area contributed by atoms with Gasteiger partial charge in [-0.15, -0.1) is 0 Å². The Bertz CT molecular complexity index is 1030. The van der Waals surface area contributed by atoms with Gasteiger partial charge in [-0.2, -0.15) is 0 Å². The Morgan fingerprint density at radius 2 is 1.91 bits per heavy atom. The Labute approximate surface area is 208 Å². The maximum absolute atomic E-state index is 16.3. The topological polar surface area (TPSA) is 51.1 Å². The highest BCUT2D eigenvalue weighted by Crippen LogP contribution is 2.42. The van der Waals surface area contributed by atoms with Crippen molar-refractivity contribution in [3.05, 3.63) is 65.4 Å². The SMILES string of the molecule is CCC(=O)N1CCC(F)(C(OCCOC)c2ccc(C3=C(C)C4=NC=CC(C)C4C=C3)cc2)CC1. The number of ether oxygens (including phenoxy) is 2. The van der Waals surface area contributed by atoms with Gasteiger partial charge in [0.25, 0.3) is 0 Å². The van der Waals surface area contributed by atoms with Crippen molar-refractivity contribution in [1.82, 2.24) is 4.90 Å². The summed E-state index contributed by atoms with van der Waals surface area (Å²) in [6.45, 7) is 7.73. The lowest BCUT2D eigenvalue weighted by Crippen LogP contribution is -2.47. The van der Waals surface area contributed by atoms with Crippen LogP contribution in [-0.4, -0.2) is 55.6 Å². The summed E-state index contributed by atoms with van der Waals surface area (Å²) in [5.74, 6) is 0.827. The first kappa shape index (κ1) is 25.5. The summed E-state index contributed by atoms with van der Waals surface area (Å²) in [5.41, 5.74) is 3.81. The summed E-state index contributed by atoms with van der Waals surface area (Å²) in [7, 11) is 1.61. The van der Waals surface area contributed by atoms with Crippen molar-refractivity contribution in [1.29, 1.82) is 0 Å². The molecule has 3 aliphatic rings. The fourth-order valence-electron chi connectivity index (χ4n) is 5.35. The van der Waals surface area contributed by atoms with Crippen LogP contribution in [0.25, 0.3) is 5.57 Å². The van der Waals surface area contributed by atoms with E-state index in [4.69, 9.17) is 9.47 Å². The number of halogens is 1. The molecule has 188 valence electrons. The Hall–Kier alpha value is -2.57. The minimum atomic E-state index is -1.54. The molecule has 0 spiro atoms. The molecular weight excluding hydrogens is 443 g/mol. The van der Waals surface area contributed by atoms with Crippen molar-refractivity contribution in [2.75, 3.05) is 33.4 Å². The number of hydrogen-bond acceptors (Lipinski definition) is 4. The highest BCUT2D eigenvalue weighted by molar-refractivity contribution is 6.12. The van der Waals surface area contributed by atoms with Gasteiger partial charge in [-0.25, -0.2) is 4.39 Å². The van der Waals surface area contributed by atoms with E-state index < -0.39 is 11.8 Å². The van der Waals surface area contributed by atoms with Gasteiger partial charge >= 0.3 is 0 Å². The lowest BCUT2D eigenvalue weighted by Gasteiger charge is -2.41. The van der Waals surface area contributed by atoms with Gasteiger partial charge in [-0.1, -0.05) is 56.3 Å². The predicted molar refractivity (Wildman–Crippen MR) is 138 cm³/mol. The Balaban J connectivity index is 1.56. The number of hydrogen-bond donors (Lipinski definition) is 0. The van der Waals surface area contributed by atoms with E-state index in [2.05, 4.69) is 37.1 Å². The van der Waals surface area contributed by atoms with E-state index in [0.29, 0.717) is 44.6 Å². The summed E-state index contributed by atoms with van der Waals surface area (Å²) in [4.78, 5) is 18.5. The molecule has 1 saturated heterocycles. The van der Waals surface area contributed by atoms with Crippen LogP contribution in [0.4, 0.5) is 4.39 Å². The molecule has 1 fully saturated rings. The molecule has 3 unspecified atom stereocenters. The number of benzene rings is 1. The van der Waals surface area contributed by atoms with Crippen LogP contribution >= 0.6 is 0 Å². The maximum atomic E-state index is 16.3. The molecule has 1 aromatic carbocycles. The number of rotatable bonds is 8. The van der Waals surface area contributed by atoms with Crippen molar-refractivity contribution in [2.45, 2.75) is 51.8 Å². The molecule has 6 heteroatoms. The van der Waals surface area contributed by atoms with Crippen molar-refractivity contribution in [3.63, 3.8) is 0 Å². The average Bonchev–Trinajstić information content (AvgIpc) is 2.87. The van der Waals surface area contributed by atoms with Gasteiger partial charge in [0.2, 0.25) is 5.91 Å². The summed E-state index contributed by atoms with van der Waals surface area (Å²) >= 11 is 0. The van der Waals surface area contributed by atoms with Crippen molar-refractivity contribution in [3.8, 4) is 0 Å². The second kappa shape index (κ2) is 11.0. The molecule has 35 heavy (non-hydrogen) atoms. The van der Waals surface area contributed by atoms with E-state index in [9.17, 15) is 4.79 Å². The van der Waals surface area contributed by atoms with E-state index in [1.54, 1.807) is 12.0 Å². The van der Waals surface area contributed by atoms with Crippen LogP contribution in [0.1, 0.15) is 57.3 Å². The largest absolute Gasteiger partial charge is 0.382 e. The van der Waals surface area contributed by atoms with Crippen LogP contribution in [0, 0.1) is 11.8 Å². The van der Waals surface area contributed by atoms with Crippen molar-refractivity contribution in [2.24, 2.45) is 16.8 Å². The normalized spacial score (nSPS) is 24.3. The minimum Gasteiger partial charge on any atom is -0.382 e. The van der Waals surface area contributed by atoms with Crippen molar-refractivity contribution >= 4 is 17.2 Å². The average molecular weight is 481 g/mol. The molecule has 2 aliphatic heterocycles. The number of methoxy groups -OCH3 is 1. The van der Waals surface area contributed by atoms with Crippen LogP contribution in [0.5, 0.6) is 0 Å². The highest BCUT2D eigenvalue weighted by Gasteiger charge is 2.44. The third-order valence-corrected chi connectivity index (χ3v) is 7.56. The highest BCUT2D eigenvalue weighted by atomic mass is 19.1. The second-order valence-electron chi connectivity index (χ2n) is 9.77. The summed E-state index contributed by atoms with van der Waals surface area (Å²) < 4.78 is 27.5. The minimum absolute atomic E-state index is 0.0760. The lowest BCUT2D eigenvalue weighted by atomic mass is 9.78. The Morgan fingerprint density at radius 1 is 1.20 bits per heavy atom. The fourth-order valence-corrected chi connectivity index (χ4v) is 5.35. The van der Waals surface area contributed by atoms with Gasteiger partial charge in [0.1, 0.15) is 11.8 Å². The first-order chi connectivity index (χ1) is 16.9. The number of nitrogens with zero attached hydrogens (tertiary/aromatic N) is 2. The predicted octanol–water partition coefficient (Wildman–Crippen LogP) is 5.70. The van der Waals surface area contributed by atoms with E-state index >= 15 is 4.39 Å². The van der Waals surface area contributed by atoms with E-state index in [1.165, 1.54) is 5.57 Å². The first-order valence-corrected chi connectivity index (χ1v) is 12.7. The molecule has 4 rings (SSSR count). The molecule has 1 aromatic rings. The number of likely N-dealkylation sites (tertiary alicyclic amines) is 1. The number of alkyl halides is 1. The van der Waals surface area contributed by atoms with Gasteiger partial charge in [0, 0.05) is 51.6 Å². The quantitative estimate of drug-likeness (QED) is 0.449. The molecule has 5 nitrogen and oxygen atoms in total. The van der Waals surface area contributed by atoms with Crippen molar-refractivity contribution < 1.29 is 18.7 Å². The molecular formula is C29H37FN2O3. The van der Waals surface area contributed by atoms with Crippen LogP contribution in [-0.2, 0) is 14.3 Å². The zero-order chi connectivity index (χ0) is 25.0. The number of piperidine rings is 1. The number of amides is 1. The standard InChI is InChI=1S/C29H37FN2O3/c1-5-26(33)32-16-13-29(30,14-17-32)28(35-19-18-34-4)23-8-6-22(7-9-23)25-11-10-24-20(2)12-15-31-27(24)21(25)3/h6-12,15,20,24,28H,5,13-14,16-19H2,1-4H3. The molecule has 0 saturated carbocycles. The monoisotopic (exact) mass is 480 g/mol. The molecule has 3 atom stereocenters. The Morgan fingerprint density at radius 3 is 2.57 bits per heavy atom. The summed E-state index contributed by atoms with van der Waals surface area (Å²) in [6, 6.07) is 8.05. The molecule has 0 N–H and O–H groups in total. The van der Waals surface area contributed by atoms with Crippen LogP contribution in [0.3, 0.4) is 0 Å². The molecule has 2 heterocycles. The van der Waals surface area contributed by atoms with Crippen LogP contribution in [0.2, 0.25) is 0 Å². The smallest absolute Gasteiger partial charge is 0.222 e. The molecule has 1 aliphatic carbocycles. The third-order valence-electron chi connectivity index (χ3n) is 7.56. The van der Waals surface area contributed by atoms with Gasteiger partial charge in [-0.05, 0) is 35.1 Å². The third kappa shape index (κ3) is 5.34. The van der Waals surface area contributed by atoms with E-state index in [-0.39, 0.29) is 18.7 Å². The van der Waals surface area contributed by atoms with Crippen LogP contribution in [0.15, 0.2) is 59.3 Å². The zero-order valence-corrected chi connectivity index (χ0v) is 21.3. The number of aliphatic imine (C=N–C) groups is 1. The maximum Gasteiger partial charge on any atom is 0.222 e. The zero-order valence-electron chi connectivity index (χ0n) is 21.3. The van der Waals surface area contributed by atoms with Crippen LogP contribution < -0.4 is 0 Å². The number of allylic oxidation sites excluding steroid dienone is 5. The molecule has 1 amide bonds. The Kier molecular flexibility index (Phi) is 8.02. The van der Waals surface area contributed by atoms with Gasteiger partial charge in [-0.3, -0.25) is 9.79 Å². The van der Waals surface area contributed by atoms with E-state index in [1.807, 2.05) is 37.4 Å². The molecule has 0 aromatic heterocycles. The van der Waals surface area contributed by atoms with Gasteiger partial charge in [0.15, 0.2) is 0 Å². The first-order valence-electron chi connectivity index (χ1n) is 12.7. The fraction of sp³-hybridized carbons (Fsp3) is 0.517. The van der Waals surface area contributed by atoms with E-state index in [0.717, 1.165) is 22.4 Å². The molecule has 0 radical (unpaired) electrons.